The van der Waals surface area contributed by atoms with Gasteiger partial charge in [-0.15, -0.1) is 0 Å². The average molecular weight is 767 g/mol. The van der Waals surface area contributed by atoms with Gasteiger partial charge in [-0.1, -0.05) is 11.6 Å². The van der Waals surface area contributed by atoms with Crippen molar-refractivity contribution in [2.45, 2.75) is 65.6 Å². The zero-order valence-corrected chi connectivity index (χ0v) is 27.4. The van der Waals surface area contributed by atoms with Crippen LogP contribution in [0.15, 0.2) is 39.8 Å². The largest absolute Gasteiger partial charge is 0.481 e. The molecule has 1 aromatic carbocycles. The minimum atomic E-state index is -4.70. The predicted octanol–water partition coefficient (Wildman–Crippen LogP) is 3.81. The number of sulfone groups is 1. The van der Waals surface area contributed by atoms with Gasteiger partial charge in [0.05, 0.1) is 26.9 Å². The Bertz CT molecular complexity index is 1800. The van der Waals surface area contributed by atoms with Crippen molar-refractivity contribution in [2.75, 3.05) is 19.6 Å². The van der Waals surface area contributed by atoms with E-state index in [1.807, 2.05) is 6.07 Å². The number of halogens is 6. The number of carboxylic acid groups (broad SMARTS) is 1. The molecule has 3 heterocycles. The summed E-state index contributed by atoms with van der Waals surface area (Å²) in [6, 6.07) is 4.34. The number of nitrogens with zero attached hydrogens (tertiary/aromatic N) is 4. The fourth-order valence-corrected chi connectivity index (χ4v) is 8.15. The lowest BCUT2D eigenvalue weighted by molar-refractivity contribution is -0.189. The Hall–Kier alpha value is -3.69. The van der Waals surface area contributed by atoms with Crippen LogP contribution in [0.25, 0.3) is 0 Å². The molecule has 1 saturated carbocycles. The molecule has 3 aliphatic rings. The minimum Gasteiger partial charge on any atom is -0.481 e. The van der Waals surface area contributed by atoms with Gasteiger partial charge in [-0.05, 0) is 60.3 Å². The number of nitrogens with one attached hydrogen (secondary N) is 1. The topological polar surface area (TPSA) is 170 Å². The van der Waals surface area contributed by atoms with Crippen LogP contribution in [-0.2, 0) is 24.8 Å². The van der Waals surface area contributed by atoms with E-state index in [4.69, 9.17) is 16.3 Å². The quantitative estimate of drug-likeness (QED) is 0.380. The third-order valence-electron chi connectivity index (χ3n) is 8.44. The van der Waals surface area contributed by atoms with Gasteiger partial charge in [0.1, 0.15) is 28.6 Å². The van der Waals surface area contributed by atoms with Gasteiger partial charge in [-0.2, -0.15) is 18.4 Å². The molecule has 1 aromatic heterocycles. The van der Waals surface area contributed by atoms with E-state index in [1.165, 1.54) is 6.20 Å². The number of likely N-dealkylation sites (tertiary alicyclic amines) is 2. The van der Waals surface area contributed by atoms with Crippen LogP contribution in [0.3, 0.4) is 0 Å². The summed E-state index contributed by atoms with van der Waals surface area (Å²) in [5, 5.41) is 19.6. The molecule has 3 amide bonds. The number of carbonyl (C=O) groups is 3. The molecule has 2 saturated heterocycles. The molecule has 3 fully saturated rings. The summed E-state index contributed by atoms with van der Waals surface area (Å²) in [6.07, 6.45) is -6.98. The molecule has 5 rings (SSSR count). The van der Waals surface area contributed by atoms with Gasteiger partial charge in [0, 0.05) is 36.4 Å². The second-order valence-corrected chi connectivity index (χ2v) is 15.2. The van der Waals surface area contributed by atoms with Crippen molar-refractivity contribution in [3.63, 3.8) is 0 Å². The Morgan fingerprint density at radius 3 is 2.45 bits per heavy atom. The van der Waals surface area contributed by atoms with Crippen molar-refractivity contribution in [3.8, 4) is 11.8 Å². The number of hydrogen-bond donors (Lipinski definition) is 2. The molecule has 19 heteroatoms. The first-order valence-electron chi connectivity index (χ1n) is 13.9. The zero-order valence-electron chi connectivity index (χ0n) is 24.2. The molecule has 1 aliphatic carbocycles. The number of rotatable bonds is 8. The second-order valence-electron chi connectivity index (χ2n) is 11.7. The van der Waals surface area contributed by atoms with E-state index >= 15 is 4.39 Å². The standard InChI is InChI=1S/C28H25BrClF4N5O7S/c1-14(28(32,33)34)46-16-2-3-21(18(30)7-16)47(44,45)17-8-20(23(40)37-26(11-35)4-5-26)39(10-17)24(41)27(12-38(13-27)25(42)43)22-19(31)6-15(29)9-36-22/h2-3,6-7,9,14,17,20H,4-5,8,10,12-13H2,1H3,(H,37,40)(H,42,43)/t14-,17+,20-/m0/s1. The van der Waals surface area contributed by atoms with Crippen LogP contribution >= 0.6 is 27.5 Å². The zero-order chi connectivity index (χ0) is 34.7. The highest BCUT2D eigenvalue weighted by Crippen LogP contribution is 2.42. The minimum absolute atomic E-state index is 0.229. The highest BCUT2D eigenvalue weighted by molar-refractivity contribution is 9.10. The Morgan fingerprint density at radius 2 is 1.91 bits per heavy atom. The molecular weight excluding hydrogens is 742 g/mol. The Labute approximate surface area is 278 Å². The van der Waals surface area contributed by atoms with Crippen molar-refractivity contribution < 1.29 is 50.2 Å². The number of nitriles is 1. The van der Waals surface area contributed by atoms with E-state index in [2.05, 4.69) is 26.2 Å². The van der Waals surface area contributed by atoms with Gasteiger partial charge in [0.2, 0.25) is 11.8 Å². The highest BCUT2D eigenvalue weighted by atomic mass is 79.9. The van der Waals surface area contributed by atoms with Gasteiger partial charge < -0.3 is 25.0 Å². The molecule has 2 aliphatic heterocycles. The van der Waals surface area contributed by atoms with Crippen molar-refractivity contribution in [1.82, 2.24) is 20.1 Å². The Kier molecular flexibility index (Phi) is 8.90. The van der Waals surface area contributed by atoms with Crippen molar-refractivity contribution >= 4 is 55.3 Å². The first-order chi connectivity index (χ1) is 21.8. The van der Waals surface area contributed by atoms with E-state index in [-0.39, 0.29) is 10.2 Å². The summed E-state index contributed by atoms with van der Waals surface area (Å²) < 4.78 is 87.0. The molecule has 2 aromatic rings. The van der Waals surface area contributed by atoms with Gasteiger partial charge >= 0.3 is 12.3 Å². The van der Waals surface area contributed by atoms with Crippen LogP contribution in [0.5, 0.6) is 5.75 Å². The first-order valence-corrected chi connectivity index (χ1v) is 16.7. The van der Waals surface area contributed by atoms with Crippen molar-refractivity contribution in [2.24, 2.45) is 0 Å². The van der Waals surface area contributed by atoms with Gasteiger partial charge in [-0.25, -0.2) is 17.6 Å². The summed E-state index contributed by atoms with van der Waals surface area (Å²) in [7, 11) is -4.50. The lowest BCUT2D eigenvalue weighted by Crippen LogP contribution is -2.69. The number of hydrogen-bond acceptors (Lipinski definition) is 8. The smallest absolute Gasteiger partial charge is 0.425 e. The van der Waals surface area contributed by atoms with E-state index < -0.39 is 110 Å². The summed E-state index contributed by atoms with van der Waals surface area (Å²) >= 11 is 9.29. The van der Waals surface area contributed by atoms with Gasteiger partial charge in [0.25, 0.3) is 0 Å². The number of pyridine rings is 1. The highest BCUT2D eigenvalue weighted by Gasteiger charge is 2.60. The van der Waals surface area contributed by atoms with Crippen LogP contribution in [0, 0.1) is 17.1 Å². The molecular formula is C28H25BrClF4N5O7S. The number of amides is 3. The number of ether oxygens (including phenoxy) is 1. The number of alkyl halides is 3. The van der Waals surface area contributed by atoms with Crippen molar-refractivity contribution in [1.29, 1.82) is 5.26 Å². The lowest BCUT2D eigenvalue weighted by Gasteiger charge is -2.48. The maximum Gasteiger partial charge on any atom is 0.425 e. The monoisotopic (exact) mass is 765 g/mol. The molecule has 47 heavy (non-hydrogen) atoms. The van der Waals surface area contributed by atoms with Crippen molar-refractivity contribution in [3.05, 3.63) is 51.5 Å². The summed E-state index contributed by atoms with van der Waals surface area (Å²) in [5.41, 5.74) is -3.53. The SMILES string of the molecule is C[C@H](Oc1ccc(S(=O)(=O)[C@@H]2C[C@@H](C(=O)NC3(C#N)CC3)N(C(=O)C3(c4ncc(Br)cc4F)CN(C(=O)O)C3)C2)c(Cl)c1)C(F)(F)F. The lowest BCUT2D eigenvalue weighted by atomic mass is 9.74. The average Bonchev–Trinajstić information content (AvgIpc) is 3.57. The molecule has 3 atom stereocenters. The van der Waals surface area contributed by atoms with Gasteiger partial charge in [0.15, 0.2) is 15.9 Å². The summed E-state index contributed by atoms with van der Waals surface area (Å²) in [6.45, 7) is -0.945. The maximum absolute atomic E-state index is 15.3. The van der Waals surface area contributed by atoms with E-state index in [0.29, 0.717) is 12.8 Å². The molecule has 0 radical (unpaired) electrons. The molecule has 252 valence electrons. The van der Waals surface area contributed by atoms with Crippen LogP contribution in [-0.4, -0.2) is 95.0 Å². The number of carbonyl (C=O) groups excluding carboxylic acids is 2. The normalized spacial score (nSPS) is 22.1. The third kappa shape index (κ3) is 6.44. The second kappa shape index (κ2) is 12.1. The van der Waals surface area contributed by atoms with Crippen LogP contribution < -0.4 is 10.1 Å². The van der Waals surface area contributed by atoms with E-state index in [9.17, 15) is 46.3 Å². The number of aromatic nitrogens is 1. The Balaban J connectivity index is 1.50. The summed E-state index contributed by atoms with van der Waals surface area (Å²) in [4.78, 5) is 44.9. The molecule has 12 nitrogen and oxygen atoms in total. The summed E-state index contributed by atoms with van der Waals surface area (Å²) in [5.74, 6) is -3.11. The maximum atomic E-state index is 15.3. The van der Waals surface area contributed by atoms with Crippen LogP contribution in [0.1, 0.15) is 31.9 Å². The molecule has 0 unspecified atom stereocenters. The molecule has 0 spiro atoms. The van der Waals surface area contributed by atoms with E-state index in [0.717, 1.165) is 41.0 Å². The van der Waals surface area contributed by atoms with E-state index in [1.54, 1.807) is 0 Å². The fraction of sp³-hybridized carbons (Fsp3) is 0.464. The molecule has 0 bridgehead atoms. The van der Waals surface area contributed by atoms with Gasteiger partial charge in [-0.3, -0.25) is 14.6 Å². The molecule has 2 N–H and O–H groups in total. The third-order valence-corrected chi connectivity index (χ3v) is 11.5. The van der Waals surface area contributed by atoms with Crippen LogP contribution in [0.4, 0.5) is 22.4 Å². The van der Waals surface area contributed by atoms with Crippen LogP contribution in [0.2, 0.25) is 5.02 Å². The predicted molar refractivity (Wildman–Crippen MR) is 158 cm³/mol. The number of benzene rings is 1. The Morgan fingerprint density at radius 1 is 1.26 bits per heavy atom. The fourth-order valence-electron chi connectivity index (χ4n) is 5.61. The first kappa shape index (κ1) is 34.6.